The van der Waals surface area contributed by atoms with Crippen LogP contribution in [0.25, 0.3) is 0 Å². The van der Waals surface area contributed by atoms with Gasteiger partial charge in [0.15, 0.2) is 11.9 Å². The molecule has 10 heteroatoms. The van der Waals surface area contributed by atoms with E-state index in [0.29, 0.717) is 0 Å². The molecule has 10 nitrogen and oxygen atoms in total. The van der Waals surface area contributed by atoms with Crippen LogP contribution in [-0.4, -0.2) is 55.5 Å². The Balaban J connectivity index is 2.33. The number of aromatic nitrogens is 4. The molecule has 0 fully saturated rings. The molecule has 0 aliphatic carbocycles. The average molecular weight is 230 g/mol. The van der Waals surface area contributed by atoms with Crippen LogP contribution in [0.4, 0.5) is 4.79 Å². The van der Waals surface area contributed by atoms with Crippen molar-refractivity contribution >= 4 is 12.0 Å². The van der Waals surface area contributed by atoms with Gasteiger partial charge >= 0.3 is 12.0 Å². The third kappa shape index (κ3) is 3.49. The molecule has 0 radical (unpaired) electrons. The number of H-pyrrole nitrogens is 1. The summed E-state index contributed by atoms with van der Waals surface area (Å²) in [6, 6.07) is -2.09. The lowest BCUT2D eigenvalue weighted by atomic mass is 10.3. The summed E-state index contributed by atoms with van der Waals surface area (Å²) in [7, 11) is 0. The van der Waals surface area contributed by atoms with Gasteiger partial charge in [-0.1, -0.05) is 5.21 Å². The van der Waals surface area contributed by atoms with Crippen molar-refractivity contribution in [3.63, 3.8) is 0 Å². The van der Waals surface area contributed by atoms with E-state index in [2.05, 4.69) is 25.9 Å². The second kappa shape index (κ2) is 5.60. The normalized spacial score (nSPS) is 11.8. The molecule has 1 rings (SSSR count). The lowest BCUT2D eigenvalue weighted by Crippen LogP contribution is -2.47. The van der Waals surface area contributed by atoms with Gasteiger partial charge in [-0.3, -0.25) is 0 Å². The number of aliphatic hydroxyl groups excluding tert-OH is 1. The molecule has 0 aromatic carbocycles. The standard InChI is InChI=1S/C6H10N6O4/c13-2-3(5(14)15)8-6(16)7-1-4-9-11-12-10-4/h3,13H,1-2H2,(H,14,15)(H2,7,8,16)(H,9,10,11,12). The van der Waals surface area contributed by atoms with E-state index in [1.807, 2.05) is 5.32 Å². The summed E-state index contributed by atoms with van der Waals surface area (Å²) in [5.41, 5.74) is 0. The number of aliphatic carboxylic acids is 1. The van der Waals surface area contributed by atoms with Gasteiger partial charge in [-0.05, 0) is 0 Å². The van der Waals surface area contributed by atoms with Crippen LogP contribution < -0.4 is 10.6 Å². The van der Waals surface area contributed by atoms with Gasteiger partial charge in [-0.15, -0.1) is 10.2 Å². The smallest absolute Gasteiger partial charge is 0.328 e. The largest absolute Gasteiger partial charge is 0.480 e. The minimum Gasteiger partial charge on any atom is -0.480 e. The summed E-state index contributed by atoms with van der Waals surface area (Å²) in [6.45, 7) is -0.689. The molecule has 0 spiro atoms. The van der Waals surface area contributed by atoms with Crippen molar-refractivity contribution in [1.29, 1.82) is 0 Å². The van der Waals surface area contributed by atoms with Gasteiger partial charge in [0.2, 0.25) is 0 Å². The number of aliphatic hydroxyl groups is 1. The first-order valence-corrected chi connectivity index (χ1v) is 4.24. The highest BCUT2D eigenvalue weighted by Crippen LogP contribution is 1.84. The minimum atomic E-state index is -1.34. The average Bonchev–Trinajstić information content (AvgIpc) is 2.75. The number of hydrogen-bond acceptors (Lipinski definition) is 6. The zero-order valence-corrected chi connectivity index (χ0v) is 8.04. The number of nitrogens with zero attached hydrogens (tertiary/aromatic N) is 3. The summed E-state index contributed by atoms with van der Waals surface area (Å²) < 4.78 is 0. The maximum absolute atomic E-state index is 11.1. The molecule has 1 aromatic heterocycles. The van der Waals surface area contributed by atoms with E-state index in [-0.39, 0.29) is 12.4 Å². The van der Waals surface area contributed by atoms with E-state index in [1.54, 1.807) is 0 Å². The molecule has 1 aromatic rings. The summed E-state index contributed by atoms with van der Waals surface area (Å²) in [5.74, 6) is -1.07. The predicted octanol–water partition coefficient (Wildman–Crippen LogP) is -2.56. The van der Waals surface area contributed by atoms with Gasteiger partial charge in [0.25, 0.3) is 0 Å². The molecule has 0 saturated heterocycles. The minimum absolute atomic E-state index is 0.000100. The Hall–Kier alpha value is -2.23. The van der Waals surface area contributed by atoms with E-state index in [0.717, 1.165) is 0 Å². The summed E-state index contributed by atoms with van der Waals surface area (Å²) >= 11 is 0. The third-order valence-electron chi connectivity index (χ3n) is 1.58. The predicted molar refractivity (Wildman–Crippen MR) is 48.1 cm³/mol. The summed E-state index contributed by atoms with van der Waals surface area (Å²) in [5, 5.41) is 34.1. The van der Waals surface area contributed by atoms with Crippen molar-refractivity contribution in [2.75, 3.05) is 6.61 Å². The van der Waals surface area contributed by atoms with Gasteiger partial charge in [0.1, 0.15) is 0 Å². The number of urea groups is 1. The van der Waals surface area contributed by atoms with E-state index in [1.165, 1.54) is 0 Å². The van der Waals surface area contributed by atoms with Gasteiger partial charge < -0.3 is 20.8 Å². The van der Waals surface area contributed by atoms with Crippen molar-refractivity contribution in [1.82, 2.24) is 31.3 Å². The fraction of sp³-hybridized carbons (Fsp3) is 0.500. The molecule has 2 amide bonds. The van der Waals surface area contributed by atoms with Crippen LogP contribution in [0.3, 0.4) is 0 Å². The molecular formula is C6H10N6O4. The Morgan fingerprint density at radius 2 is 2.25 bits per heavy atom. The molecule has 0 saturated carbocycles. The fourth-order valence-corrected chi connectivity index (χ4v) is 0.811. The monoisotopic (exact) mass is 230 g/mol. The number of rotatable bonds is 5. The number of nitrogens with one attached hydrogen (secondary N) is 3. The molecular weight excluding hydrogens is 220 g/mol. The maximum Gasteiger partial charge on any atom is 0.328 e. The number of aromatic amines is 1. The van der Waals surface area contributed by atoms with E-state index < -0.39 is 24.6 Å². The van der Waals surface area contributed by atoms with Crippen LogP contribution in [0.5, 0.6) is 0 Å². The number of carbonyl (C=O) groups excluding carboxylic acids is 1. The highest BCUT2D eigenvalue weighted by molar-refractivity contribution is 5.82. The van der Waals surface area contributed by atoms with Crippen molar-refractivity contribution in [2.45, 2.75) is 12.6 Å². The first-order valence-electron chi connectivity index (χ1n) is 4.24. The number of tetrazole rings is 1. The van der Waals surface area contributed by atoms with Gasteiger partial charge in [0, 0.05) is 0 Å². The number of carbonyl (C=O) groups is 2. The molecule has 0 aliphatic heterocycles. The van der Waals surface area contributed by atoms with Gasteiger partial charge in [0.05, 0.1) is 13.2 Å². The Morgan fingerprint density at radius 3 is 2.75 bits per heavy atom. The first kappa shape index (κ1) is 11.8. The second-order valence-electron chi connectivity index (χ2n) is 2.73. The quantitative estimate of drug-likeness (QED) is 0.373. The molecule has 0 aliphatic rings. The third-order valence-corrected chi connectivity index (χ3v) is 1.58. The number of amides is 2. The molecule has 1 unspecified atom stereocenters. The molecule has 1 atom stereocenters. The van der Waals surface area contributed by atoms with E-state index >= 15 is 0 Å². The number of carboxylic acids is 1. The van der Waals surface area contributed by atoms with Gasteiger partial charge in [-0.25, -0.2) is 9.59 Å². The van der Waals surface area contributed by atoms with Crippen LogP contribution in [-0.2, 0) is 11.3 Å². The zero-order chi connectivity index (χ0) is 12.0. The highest BCUT2D eigenvalue weighted by Gasteiger charge is 2.18. The highest BCUT2D eigenvalue weighted by atomic mass is 16.4. The number of carboxylic acid groups (broad SMARTS) is 1. The Labute approximate surface area is 89.0 Å². The summed E-state index contributed by atoms with van der Waals surface area (Å²) in [4.78, 5) is 21.6. The Kier molecular flexibility index (Phi) is 4.15. The molecule has 88 valence electrons. The van der Waals surface area contributed by atoms with E-state index in [4.69, 9.17) is 10.2 Å². The van der Waals surface area contributed by atoms with Crippen LogP contribution in [0.1, 0.15) is 5.82 Å². The molecule has 1 heterocycles. The van der Waals surface area contributed by atoms with Crippen LogP contribution in [0.15, 0.2) is 0 Å². The van der Waals surface area contributed by atoms with Crippen molar-refractivity contribution < 1.29 is 19.8 Å². The van der Waals surface area contributed by atoms with Crippen molar-refractivity contribution in [3.05, 3.63) is 5.82 Å². The first-order chi connectivity index (χ1) is 7.63. The van der Waals surface area contributed by atoms with Crippen LogP contribution in [0.2, 0.25) is 0 Å². The Bertz CT molecular complexity index is 352. The zero-order valence-electron chi connectivity index (χ0n) is 8.04. The molecule has 5 N–H and O–H groups in total. The van der Waals surface area contributed by atoms with Crippen molar-refractivity contribution in [2.24, 2.45) is 0 Å². The molecule has 16 heavy (non-hydrogen) atoms. The molecule has 0 bridgehead atoms. The number of hydrogen-bond donors (Lipinski definition) is 5. The topological polar surface area (TPSA) is 153 Å². The fourth-order valence-electron chi connectivity index (χ4n) is 0.811. The summed E-state index contributed by atoms with van der Waals surface area (Å²) in [6.07, 6.45) is 0. The lowest BCUT2D eigenvalue weighted by Gasteiger charge is -2.11. The van der Waals surface area contributed by atoms with Gasteiger partial charge in [-0.2, -0.15) is 5.21 Å². The second-order valence-corrected chi connectivity index (χ2v) is 2.73. The van der Waals surface area contributed by atoms with Crippen molar-refractivity contribution in [3.8, 4) is 0 Å². The Morgan fingerprint density at radius 1 is 1.50 bits per heavy atom. The maximum atomic E-state index is 11.1. The van der Waals surface area contributed by atoms with Crippen LogP contribution in [0, 0.1) is 0 Å². The SMILES string of the molecule is O=C(NCc1nn[nH]n1)NC(CO)C(=O)O. The van der Waals surface area contributed by atoms with E-state index in [9.17, 15) is 9.59 Å². The lowest BCUT2D eigenvalue weighted by molar-refractivity contribution is -0.140. The van der Waals surface area contributed by atoms with Crippen LogP contribution >= 0.6 is 0 Å².